The van der Waals surface area contributed by atoms with E-state index in [2.05, 4.69) is 20.8 Å². The highest BCUT2D eigenvalue weighted by atomic mass is 19.1. The molecule has 0 aliphatic carbocycles. The summed E-state index contributed by atoms with van der Waals surface area (Å²) in [5.74, 6) is -1.12. The predicted octanol–water partition coefficient (Wildman–Crippen LogP) is 4.40. The Morgan fingerprint density at radius 2 is 1.53 bits per heavy atom. The topological polar surface area (TPSA) is 104 Å². The maximum Gasteiger partial charge on any atom is 0.272 e. The van der Waals surface area contributed by atoms with Crippen molar-refractivity contribution in [2.75, 3.05) is 10.6 Å². The van der Waals surface area contributed by atoms with Crippen LogP contribution < -0.4 is 16.2 Å². The second-order valence-corrected chi connectivity index (χ2v) is 7.85. The van der Waals surface area contributed by atoms with Gasteiger partial charge < -0.3 is 10.6 Å². The van der Waals surface area contributed by atoms with Gasteiger partial charge in [-0.1, -0.05) is 42.5 Å². The molecule has 1 heterocycles. The van der Waals surface area contributed by atoms with Crippen LogP contribution in [0.2, 0.25) is 0 Å². The Morgan fingerprint density at radius 3 is 2.29 bits per heavy atom. The van der Waals surface area contributed by atoms with Crippen LogP contribution in [-0.2, 0) is 16.0 Å². The van der Waals surface area contributed by atoms with Crippen LogP contribution in [0.5, 0.6) is 0 Å². The minimum absolute atomic E-state index is 0.0602. The summed E-state index contributed by atoms with van der Waals surface area (Å²) in [4.78, 5) is 36.3. The SMILES string of the molecule is O=C(CCCC(=O)Nc1cc(Cc2n[nH]c(=O)c3ccccc23)ccc1F)Nc1ccccc1. The van der Waals surface area contributed by atoms with Crippen molar-refractivity contribution in [3.63, 3.8) is 0 Å². The largest absolute Gasteiger partial charge is 0.326 e. The minimum Gasteiger partial charge on any atom is -0.326 e. The van der Waals surface area contributed by atoms with Gasteiger partial charge in [0.2, 0.25) is 11.8 Å². The van der Waals surface area contributed by atoms with Gasteiger partial charge in [0.05, 0.1) is 16.8 Å². The lowest BCUT2D eigenvalue weighted by Gasteiger charge is -2.10. The second-order valence-electron chi connectivity index (χ2n) is 7.85. The molecule has 2 amide bonds. The summed E-state index contributed by atoms with van der Waals surface area (Å²) in [6.07, 6.45) is 0.937. The van der Waals surface area contributed by atoms with Gasteiger partial charge in [-0.3, -0.25) is 14.4 Å². The van der Waals surface area contributed by atoms with Crippen LogP contribution in [0.4, 0.5) is 15.8 Å². The predicted molar refractivity (Wildman–Crippen MR) is 129 cm³/mol. The molecule has 0 unspecified atom stereocenters. The zero-order valence-electron chi connectivity index (χ0n) is 18.3. The van der Waals surface area contributed by atoms with Gasteiger partial charge in [0, 0.05) is 30.3 Å². The molecule has 4 aromatic rings. The summed E-state index contributed by atoms with van der Waals surface area (Å²) in [6, 6.07) is 20.6. The van der Waals surface area contributed by atoms with E-state index in [1.54, 1.807) is 36.4 Å². The van der Waals surface area contributed by atoms with Gasteiger partial charge in [0.1, 0.15) is 5.82 Å². The number of fused-ring (bicyclic) bond motifs is 1. The molecule has 0 fully saturated rings. The number of H-pyrrole nitrogens is 1. The molecule has 0 atom stereocenters. The maximum absolute atomic E-state index is 14.3. The number of aromatic nitrogens is 2. The number of carbonyl (C=O) groups is 2. The number of hydrogen-bond donors (Lipinski definition) is 3. The van der Waals surface area contributed by atoms with Gasteiger partial charge in [-0.05, 0) is 42.3 Å². The van der Waals surface area contributed by atoms with E-state index >= 15 is 0 Å². The molecule has 0 radical (unpaired) electrons. The van der Waals surface area contributed by atoms with E-state index in [4.69, 9.17) is 0 Å². The van der Waals surface area contributed by atoms with Gasteiger partial charge >= 0.3 is 0 Å². The monoisotopic (exact) mass is 458 g/mol. The number of carbonyl (C=O) groups excluding carboxylic acids is 2. The molecule has 0 spiro atoms. The van der Waals surface area contributed by atoms with Gasteiger partial charge in [-0.2, -0.15) is 5.10 Å². The van der Waals surface area contributed by atoms with Gasteiger partial charge in [-0.15, -0.1) is 0 Å². The number of hydrogen-bond acceptors (Lipinski definition) is 4. The van der Waals surface area contributed by atoms with Crippen LogP contribution in [0, 0.1) is 5.82 Å². The lowest BCUT2D eigenvalue weighted by molar-refractivity contribution is -0.117. The number of aromatic amines is 1. The van der Waals surface area contributed by atoms with Crippen molar-refractivity contribution in [1.82, 2.24) is 10.2 Å². The zero-order valence-corrected chi connectivity index (χ0v) is 18.3. The third-order valence-electron chi connectivity index (χ3n) is 5.32. The van der Waals surface area contributed by atoms with Crippen molar-refractivity contribution >= 4 is 34.0 Å². The van der Waals surface area contributed by atoms with Gasteiger partial charge in [-0.25, -0.2) is 9.49 Å². The molecule has 3 aromatic carbocycles. The van der Waals surface area contributed by atoms with Crippen LogP contribution in [0.25, 0.3) is 10.8 Å². The molecule has 172 valence electrons. The van der Waals surface area contributed by atoms with Crippen LogP contribution in [0.3, 0.4) is 0 Å². The van der Waals surface area contributed by atoms with E-state index in [-0.39, 0.29) is 35.9 Å². The highest BCUT2D eigenvalue weighted by Crippen LogP contribution is 2.21. The fourth-order valence-corrected chi connectivity index (χ4v) is 3.64. The first-order valence-corrected chi connectivity index (χ1v) is 10.9. The van der Waals surface area contributed by atoms with Gasteiger partial charge in [0.25, 0.3) is 5.56 Å². The number of para-hydroxylation sites is 1. The van der Waals surface area contributed by atoms with Crippen molar-refractivity contribution in [3.05, 3.63) is 100 Å². The Morgan fingerprint density at radius 1 is 0.853 bits per heavy atom. The molecule has 7 nitrogen and oxygen atoms in total. The Balaban J connectivity index is 1.36. The summed E-state index contributed by atoms with van der Waals surface area (Å²) in [6.45, 7) is 0. The number of rotatable bonds is 8. The quantitative estimate of drug-likeness (QED) is 0.364. The Labute approximate surface area is 195 Å². The smallest absolute Gasteiger partial charge is 0.272 e. The normalized spacial score (nSPS) is 10.7. The Kier molecular flexibility index (Phi) is 7.07. The van der Waals surface area contributed by atoms with Gasteiger partial charge in [0.15, 0.2) is 0 Å². The van der Waals surface area contributed by atoms with Crippen molar-refractivity contribution in [2.45, 2.75) is 25.7 Å². The van der Waals surface area contributed by atoms with Crippen LogP contribution in [-0.4, -0.2) is 22.0 Å². The van der Waals surface area contributed by atoms with E-state index in [0.29, 0.717) is 29.6 Å². The molecule has 0 aliphatic heterocycles. The van der Waals surface area contributed by atoms with Crippen molar-refractivity contribution in [2.24, 2.45) is 0 Å². The number of anilines is 2. The fraction of sp³-hybridized carbons (Fsp3) is 0.154. The molecule has 3 N–H and O–H groups in total. The van der Waals surface area contributed by atoms with Crippen molar-refractivity contribution in [1.29, 1.82) is 0 Å². The summed E-state index contributed by atoms with van der Waals surface area (Å²) in [5, 5.41) is 13.2. The van der Waals surface area contributed by atoms with Crippen LogP contribution in [0.1, 0.15) is 30.5 Å². The zero-order chi connectivity index (χ0) is 23.9. The molecule has 0 aliphatic rings. The lowest BCUT2D eigenvalue weighted by atomic mass is 10.0. The molecule has 4 rings (SSSR count). The molecule has 34 heavy (non-hydrogen) atoms. The molecular weight excluding hydrogens is 435 g/mol. The lowest BCUT2D eigenvalue weighted by Crippen LogP contribution is -2.15. The molecular formula is C26H23FN4O3. The highest BCUT2D eigenvalue weighted by Gasteiger charge is 2.12. The van der Waals surface area contributed by atoms with Crippen LogP contribution >= 0.6 is 0 Å². The second kappa shape index (κ2) is 10.5. The standard InChI is InChI=1S/C26H23FN4O3/c27-21-14-13-17(15-22-19-9-4-5-10-20(19)26(34)31-30-22)16-23(21)29-25(33)12-6-11-24(32)28-18-7-2-1-3-8-18/h1-5,7-10,13-14,16H,6,11-12,15H2,(H,28,32)(H,29,33)(H,31,34). The first-order valence-electron chi connectivity index (χ1n) is 10.9. The minimum atomic E-state index is -0.557. The Hall–Kier alpha value is -4.33. The first-order chi connectivity index (χ1) is 16.5. The molecule has 8 heteroatoms. The molecule has 0 bridgehead atoms. The average Bonchev–Trinajstić information content (AvgIpc) is 2.84. The van der Waals surface area contributed by atoms with Crippen LogP contribution in [0.15, 0.2) is 77.6 Å². The average molecular weight is 458 g/mol. The Bertz CT molecular complexity index is 1390. The first kappa shape index (κ1) is 22.8. The van der Waals surface area contributed by atoms with E-state index in [1.165, 1.54) is 6.07 Å². The van der Waals surface area contributed by atoms with Crippen molar-refractivity contribution in [3.8, 4) is 0 Å². The van der Waals surface area contributed by atoms with E-state index in [1.807, 2.05) is 30.3 Å². The summed E-state index contributed by atoms with van der Waals surface area (Å²) >= 11 is 0. The summed E-state index contributed by atoms with van der Waals surface area (Å²) in [5.41, 5.74) is 1.85. The van der Waals surface area contributed by atoms with E-state index < -0.39 is 5.82 Å². The maximum atomic E-state index is 14.3. The number of nitrogens with one attached hydrogen (secondary N) is 3. The number of amides is 2. The molecule has 0 saturated carbocycles. The third kappa shape index (κ3) is 5.72. The number of benzene rings is 3. The highest BCUT2D eigenvalue weighted by molar-refractivity contribution is 5.93. The fourth-order valence-electron chi connectivity index (χ4n) is 3.64. The van der Waals surface area contributed by atoms with E-state index in [9.17, 15) is 18.8 Å². The van der Waals surface area contributed by atoms with E-state index in [0.717, 1.165) is 10.9 Å². The molecule has 0 saturated heterocycles. The number of halogens is 1. The van der Waals surface area contributed by atoms with Crippen molar-refractivity contribution < 1.29 is 14.0 Å². The summed E-state index contributed by atoms with van der Waals surface area (Å²) < 4.78 is 14.3. The third-order valence-corrected chi connectivity index (χ3v) is 5.32. The molecule has 1 aromatic heterocycles. The number of nitrogens with zero attached hydrogens (tertiary/aromatic N) is 1. The summed E-state index contributed by atoms with van der Waals surface area (Å²) in [7, 11) is 0.